The normalized spacial score (nSPS) is 9.94. The maximum Gasteiger partial charge on any atom is 0.257 e. The highest BCUT2D eigenvalue weighted by Crippen LogP contribution is 2.14. The van der Waals surface area contributed by atoms with Crippen molar-refractivity contribution < 1.29 is 14.0 Å². The Morgan fingerprint density at radius 3 is 2.56 bits per heavy atom. The van der Waals surface area contributed by atoms with Gasteiger partial charge in [-0.1, -0.05) is 13.8 Å². The highest BCUT2D eigenvalue weighted by molar-refractivity contribution is 5.77. The topological polar surface area (TPSA) is 53.3 Å². The molecule has 5 heteroatoms. The Balaban J connectivity index is 2.75. The Morgan fingerprint density at radius 2 is 2.06 bits per heavy atom. The number of hydroxylamine groups is 2. The standard InChI is InChI=1S/C13H15FN2O2/c1-10(2)13(17)16(9-3-8-15)18-12-6-4-11(14)5-7-12/h4-7,10H,3,9H2,1-2H3. The molecule has 0 saturated carbocycles. The molecule has 4 nitrogen and oxygen atoms in total. The average Bonchev–Trinajstić information content (AvgIpc) is 2.35. The molecule has 1 rings (SSSR count). The molecule has 0 aliphatic rings. The molecule has 1 aromatic rings. The summed E-state index contributed by atoms with van der Waals surface area (Å²) in [7, 11) is 0. The third-order valence-corrected chi connectivity index (χ3v) is 2.20. The van der Waals surface area contributed by atoms with Crippen LogP contribution >= 0.6 is 0 Å². The number of rotatable bonds is 5. The van der Waals surface area contributed by atoms with Gasteiger partial charge >= 0.3 is 0 Å². The minimum atomic E-state index is -0.374. The van der Waals surface area contributed by atoms with Crippen molar-refractivity contribution in [3.63, 3.8) is 0 Å². The molecule has 0 aliphatic heterocycles. The molecule has 0 bridgehead atoms. The van der Waals surface area contributed by atoms with Crippen molar-refractivity contribution in [2.75, 3.05) is 6.54 Å². The Morgan fingerprint density at radius 1 is 1.44 bits per heavy atom. The van der Waals surface area contributed by atoms with Crippen LogP contribution in [0.25, 0.3) is 0 Å². The predicted octanol–water partition coefficient (Wildman–Crippen LogP) is 2.52. The van der Waals surface area contributed by atoms with Crippen molar-refractivity contribution in [2.45, 2.75) is 20.3 Å². The summed E-state index contributed by atoms with van der Waals surface area (Å²) in [4.78, 5) is 17.2. The summed E-state index contributed by atoms with van der Waals surface area (Å²) in [6, 6.07) is 7.31. The van der Waals surface area contributed by atoms with Gasteiger partial charge in [0, 0.05) is 5.92 Å². The van der Waals surface area contributed by atoms with E-state index >= 15 is 0 Å². The molecule has 96 valence electrons. The number of carbonyl (C=O) groups is 1. The largest absolute Gasteiger partial charge is 0.377 e. The summed E-state index contributed by atoms with van der Waals surface area (Å²) in [5.41, 5.74) is 0. The molecule has 0 unspecified atom stereocenters. The average molecular weight is 250 g/mol. The second-order valence-electron chi connectivity index (χ2n) is 4.05. The Kier molecular flexibility index (Phi) is 5.12. The van der Waals surface area contributed by atoms with Crippen LogP contribution in [0.4, 0.5) is 4.39 Å². The monoisotopic (exact) mass is 250 g/mol. The molecular formula is C13H15FN2O2. The van der Waals surface area contributed by atoms with Crippen molar-refractivity contribution >= 4 is 5.91 Å². The van der Waals surface area contributed by atoms with Crippen LogP contribution in [0.1, 0.15) is 20.3 Å². The van der Waals surface area contributed by atoms with Crippen molar-refractivity contribution in [1.29, 1.82) is 5.26 Å². The van der Waals surface area contributed by atoms with E-state index in [4.69, 9.17) is 10.1 Å². The summed E-state index contributed by atoms with van der Waals surface area (Å²) in [5, 5.41) is 9.68. The first-order valence-corrected chi connectivity index (χ1v) is 5.66. The van der Waals surface area contributed by atoms with Crippen LogP contribution in [-0.4, -0.2) is 17.5 Å². The molecule has 1 amide bonds. The smallest absolute Gasteiger partial charge is 0.257 e. The van der Waals surface area contributed by atoms with Gasteiger partial charge in [-0.25, -0.2) is 4.39 Å². The summed E-state index contributed by atoms with van der Waals surface area (Å²) < 4.78 is 12.7. The zero-order chi connectivity index (χ0) is 13.5. The van der Waals surface area contributed by atoms with Gasteiger partial charge in [-0.15, -0.1) is 0 Å². The number of halogens is 1. The van der Waals surface area contributed by atoms with E-state index in [1.165, 1.54) is 24.3 Å². The quantitative estimate of drug-likeness (QED) is 0.754. The SMILES string of the molecule is CC(C)C(=O)N(CCC#N)Oc1ccc(F)cc1. The summed E-state index contributed by atoms with van der Waals surface area (Å²) >= 11 is 0. The molecule has 0 heterocycles. The predicted molar refractivity (Wildman–Crippen MR) is 63.8 cm³/mol. The maximum atomic E-state index is 12.7. The molecule has 0 spiro atoms. The van der Waals surface area contributed by atoms with Gasteiger partial charge in [0.1, 0.15) is 5.82 Å². The fourth-order valence-corrected chi connectivity index (χ4v) is 1.26. The van der Waals surface area contributed by atoms with Crippen LogP contribution in [-0.2, 0) is 4.79 Å². The highest BCUT2D eigenvalue weighted by atomic mass is 19.1. The lowest BCUT2D eigenvalue weighted by Crippen LogP contribution is -2.37. The van der Waals surface area contributed by atoms with E-state index in [0.717, 1.165) is 5.06 Å². The lowest BCUT2D eigenvalue weighted by atomic mass is 10.2. The van der Waals surface area contributed by atoms with Crippen LogP contribution in [0.2, 0.25) is 0 Å². The molecule has 0 aliphatic carbocycles. The first kappa shape index (κ1) is 14.0. The zero-order valence-corrected chi connectivity index (χ0v) is 10.4. The van der Waals surface area contributed by atoms with Crippen molar-refractivity contribution in [3.8, 4) is 11.8 Å². The van der Waals surface area contributed by atoms with Crippen LogP contribution in [0, 0.1) is 23.1 Å². The van der Waals surface area contributed by atoms with Gasteiger partial charge < -0.3 is 4.84 Å². The Labute approximate surface area is 106 Å². The molecule has 0 fully saturated rings. The van der Waals surface area contributed by atoms with Crippen LogP contribution in [0.3, 0.4) is 0 Å². The van der Waals surface area contributed by atoms with Crippen molar-refractivity contribution in [1.82, 2.24) is 5.06 Å². The van der Waals surface area contributed by atoms with Crippen LogP contribution < -0.4 is 4.84 Å². The zero-order valence-electron chi connectivity index (χ0n) is 10.4. The number of hydrogen-bond donors (Lipinski definition) is 0. The van der Waals surface area contributed by atoms with Gasteiger partial charge in [-0.05, 0) is 24.3 Å². The fraction of sp³-hybridized carbons (Fsp3) is 0.385. The van der Waals surface area contributed by atoms with E-state index in [2.05, 4.69) is 0 Å². The van der Waals surface area contributed by atoms with Gasteiger partial charge in [0.2, 0.25) is 0 Å². The van der Waals surface area contributed by atoms with Gasteiger partial charge in [0.15, 0.2) is 5.75 Å². The molecule has 0 atom stereocenters. The lowest BCUT2D eigenvalue weighted by Gasteiger charge is -2.23. The Hall–Kier alpha value is -2.09. The number of hydrogen-bond acceptors (Lipinski definition) is 3. The number of nitrogens with zero attached hydrogens (tertiary/aromatic N) is 2. The molecule has 0 N–H and O–H groups in total. The van der Waals surface area contributed by atoms with Gasteiger partial charge in [0.05, 0.1) is 19.0 Å². The second-order valence-corrected chi connectivity index (χ2v) is 4.05. The molecule has 0 radical (unpaired) electrons. The summed E-state index contributed by atoms with van der Waals surface area (Å²) in [6.07, 6.45) is 0.180. The van der Waals surface area contributed by atoms with Gasteiger partial charge in [0.25, 0.3) is 5.91 Å². The van der Waals surface area contributed by atoms with Crippen LogP contribution in [0.5, 0.6) is 5.75 Å². The minimum Gasteiger partial charge on any atom is -0.377 e. The maximum absolute atomic E-state index is 12.7. The Bertz CT molecular complexity index is 437. The fourth-order valence-electron chi connectivity index (χ4n) is 1.26. The van der Waals surface area contributed by atoms with Crippen molar-refractivity contribution in [3.05, 3.63) is 30.1 Å². The summed E-state index contributed by atoms with van der Waals surface area (Å²) in [6.45, 7) is 3.68. The molecule has 18 heavy (non-hydrogen) atoms. The first-order valence-electron chi connectivity index (χ1n) is 5.66. The lowest BCUT2D eigenvalue weighted by molar-refractivity contribution is -0.160. The van der Waals surface area contributed by atoms with Gasteiger partial charge in [-0.3, -0.25) is 4.79 Å². The highest BCUT2D eigenvalue weighted by Gasteiger charge is 2.18. The number of carbonyl (C=O) groups excluding carboxylic acids is 1. The van der Waals surface area contributed by atoms with Crippen molar-refractivity contribution in [2.24, 2.45) is 5.92 Å². The molecular weight excluding hydrogens is 235 g/mol. The van der Waals surface area contributed by atoms with Crippen LogP contribution in [0.15, 0.2) is 24.3 Å². The molecule has 1 aromatic carbocycles. The second kappa shape index (κ2) is 6.60. The van der Waals surface area contributed by atoms with Gasteiger partial charge in [-0.2, -0.15) is 10.3 Å². The van der Waals surface area contributed by atoms with E-state index in [-0.39, 0.29) is 30.6 Å². The van der Waals surface area contributed by atoms with E-state index < -0.39 is 0 Å². The number of benzene rings is 1. The number of nitriles is 1. The minimum absolute atomic E-state index is 0.180. The molecule has 0 aromatic heterocycles. The first-order chi connectivity index (χ1) is 8.54. The molecule has 0 saturated heterocycles. The number of amides is 1. The third kappa shape index (κ3) is 4.06. The van der Waals surface area contributed by atoms with E-state index in [9.17, 15) is 9.18 Å². The van der Waals surface area contributed by atoms with E-state index in [1.807, 2.05) is 6.07 Å². The van der Waals surface area contributed by atoms with E-state index in [0.29, 0.717) is 5.75 Å². The third-order valence-electron chi connectivity index (χ3n) is 2.20. The summed E-state index contributed by atoms with van der Waals surface area (Å²) in [5.74, 6) is -0.455. The van der Waals surface area contributed by atoms with E-state index in [1.54, 1.807) is 13.8 Å².